The molecule has 2 aliphatic heterocycles. The summed E-state index contributed by atoms with van der Waals surface area (Å²) in [6.45, 7) is 4.68. The smallest absolute Gasteiger partial charge is 0.261 e. The summed E-state index contributed by atoms with van der Waals surface area (Å²) in [4.78, 5) is 34.9. The number of methoxy groups -OCH3 is 1. The average molecular weight is 460 g/mol. The van der Waals surface area contributed by atoms with Crippen LogP contribution in [0.4, 0.5) is 5.69 Å². The maximum Gasteiger partial charge on any atom is 0.261 e. The molecule has 1 amide bonds. The molecule has 34 heavy (non-hydrogen) atoms. The molecular weight excluding hydrogens is 430 g/mol. The highest BCUT2D eigenvalue weighted by atomic mass is 16.5. The van der Waals surface area contributed by atoms with Gasteiger partial charge in [0.1, 0.15) is 11.6 Å². The molecule has 2 aliphatic rings. The number of allylic oxidation sites excluding steroid dienone is 1. The van der Waals surface area contributed by atoms with Crippen LogP contribution in [0.1, 0.15) is 17.8 Å². The van der Waals surface area contributed by atoms with Gasteiger partial charge in [-0.25, -0.2) is 4.98 Å². The standard InChI is InChI=1S/C26H29N5O3/c1-29-11-13-30(14-12-29)17-24(32)27-20-5-8-22-23(16-20)28-25-19(9-10-31(25)26(22)33)15-18-3-6-21(34-2)7-4-18/h3-8,15-16H,9-14,17H2,1-2H3,(H,27,32). The minimum Gasteiger partial charge on any atom is -0.497 e. The van der Waals surface area contributed by atoms with E-state index in [9.17, 15) is 9.59 Å². The van der Waals surface area contributed by atoms with Crippen molar-refractivity contribution in [3.05, 3.63) is 64.2 Å². The van der Waals surface area contributed by atoms with E-state index in [0.29, 0.717) is 35.5 Å². The van der Waals surface area contributed by atoms with Crippen LogP contribution in [-0.2, 0) is 11.3 Å². The number of fused-ring (bicyclic) bond motifs is 2. The van der Waals surface area contributed by atoms with Crippen molar-refractivity contribution in [2.75, 3.05) is 52.2 Å². The molecule has 3 heterocycles. The fraction of sp³-hybridized carbons (Fsp3) is 0.346. The van der Waals surface area contributed by atoms with Crippen LogP contribution in [0.2, 0.25) is 0 Å². The molecule has 8 heteroatoms. The molecule has 8 nitrogen and oxygen atoms in total. The third kappa shape index (κ3) is 4.60. The summed E-state index contributed by atoms with van der Waals surface area (Å²) in [5, 5.41) is 3.53. The molecule has 0 radical (unpaired) electrons. The number of likely N-dealkylation sites (N-methyl/N-ethyl adjacent to an activating group) is 1. The van der Waals surface area contributed by atoms with E-state index in [1.165, 1.54) is 0 Å². The van der Waals surface area contributed by atoms with Gasteiger partial charge in [-0.15, -0.1) is 0 Å². The van der Waals surface area contributed by atoms with Crippen molar-refractivity contribution >= 4 is 34.1 Å². The number of aromatic nitrogens is 2. The van der Waals surface area contributed by atoms with Gasteiger partial charge >= 0.3 is 0 Å². The van der Waals surface area contributed by atoms with Crippen LogP contribution in [-0.4, -0.2) is 72.1 Å². The van der Waals surface area contributed by atoms with Crippen molar-refractivity contribution in [1.29, 1.82) is 0 Å². The highest BCUT2D eigenvalue weighted by Gasteiger charge is 2.21. The summed E-state index contributed by atoms with van der Waals surface area (Å²) < 4.78 is 6.97. The van der Waals surface area contributed by atoms with Crippen LogP contribution in [0.3, 0.4) is 0 Å². The summed E-state index contributed by atoms with van der Waals surface area (Å²) in [7, 11) is 3.74. The van der Waals surface area contributed by atoms with Crippen molar-refractivity contribution in [2.45, 2.75) is 13.0 Å². The van der Waals surface area contributed by atoms with Crippen molar-refractivity contribution in [3.63, 3.8) is 0 Å². The first-order valence-electron chi connectivity index (χ1n) is 11.6. The molecule has 1 fully saturated rings. The van der Waals surface area contributed by atoms with Gasteiger partial charge < -0.3 is 15.0 Å². The number of rotatable bonds is 5. The zero-order valence-electron chi connectivity index (χ0n) is 19.6. The van der Waals surface area contributed by atoms with E-state index < -0.39 is 0 Å². The second-order valence-electron chi connectivity index (χ2n) is 8.94. The third-order valence-electron chi connectivity index (χ3n) is 6.55. The van der Waals surface area contributed by atoms with E-state index in [1.54, 1.807) is 29.9 Å². The Morgan fingerprint density at radius 2 is 1.85 bits per heavy atom. The van der Waals surface area contributed by atoms with Gasteiger partial charge in [-0.1, -0.05) is 12.1 Å². The lowest BCUT2D eigenvalue weighted by molar-refractivity contribution is -0.117. The van der Waals surface area contributed by atoms with Crippen molar-refractivity contribution in [2.24, 2.45) is 0 Å². The summed E-state index contributed by atoms with van der Waals surface area (Å²) in [6, 6.07) is 13.1. The zero-order chi connectivity index (χ0) is 23.7. The number of carbonyl (C=O) groups is 1. The molecule has 0 bridgehead atoms. The van der Waals surface area contributed by atoms with Crippen molar-refractivity contribution < 1.29 is 9.53 Å². The first-order valence-corrected chi connectivity index (χ1v) is 11.6. The number of nitrogens with one attached hydrogen (secondary N) is 1. The van der Waals surface area contributed by atoms with Crippen molar-refractivity contribution in [1.82, 2.24) is 19.4 Å². The largest absolute Gasteiger partial charge is 0.497 e. The SMILES string of the molecule is COc1ccc(C=C2CCn3c2nc2cc(NC(=O)CN4CCN(C)CC4)ccc2c3=O)cc1. The van der Waals surface area contributed by atoms with E-state index >= 15 is 0 Å². The van der Waals surface area contributed by atoms with E-state index in [2.05, 4.69) is 28.2 Å². The predicted octanol–water partition coefficient (Wildman–Crippen LogP) is 2.54. The van der Waals surface area contributed by atoms with Gasteiger partial charge in [0.2, 0.25) is 5.91 Å². The third-order valence-corrected chi connectivity index (χ3v) is 6.55. The highest BCUT2D eigenvalue weighted by molar-refractivity contribution is 5.95. The minimum absolute atomic E-state index is 0.0477. The Balaban J connectivity index is 1.38. The monoisotopic (exact) mass is 459 g/mol. The average Bonchev–Trinajstić information content (AvgIpc) is 3.23. The molecule has 176 valence electrons. The van der Waals surface area contributed by atoms with E-state index in [1.807, 2.05) is 24.3 Å². The lowest BCUT2D eigenvalue weighted by Gasteiger charge is -2.31. The maximum absolute atomic E-state index is 13.1. The Morgan fingerprint density at radius 3 is 2.59 bits per heavy atom. The Labute approximate surface area is 198 Å². The van der Waals surface area contributed by atoms with E-state index in [0.717, 1.165) is 49.5 Å². The first-order chi connectivity index (χ1) is 16.5. The molecular formula is C26H29N5O3. The van der Waals surface area contributed by atoms with E-state index in [-0.39, 0.29) is 11.5 Å². The molecule has 0 unspecified atom stereocenters. The van der Waals surface area contributed by atoms with Crippen LogP contribution in [0.5, 0.6) is 5.75 Å². The Bertz CT molecular complexity index is 1300. The Morgan fingerprint density at radius 1 is 1.09 bits per heavy atom. The number of carbonyl (C=O) groups excluding carboxylic acids is 1. The van der Waals surface area contributed by atoms with Gasteiger partial charge in [-0.2, -0.15) is 0 Å². The number of hydrogen-bond donors (Lipinski definition) is 1. The summed E-state index contributed by atoms with van der Waals surface area (Å²) in [6.07, 6.45) is 2.82. The molecule has 2 aromatic carbocycles. The normalized spacial score (nSPS) is 17.8. The van der Waals surface area contributed by atoms with Crippen LogP contribution in [0.15, 0.2) is 47.3 Å². The molecule has 0 saturated carbocycles. The van der Waals surface area contributed by atoms with Crippen molar-refractivity contribution in [3.8, 4) is 5.75 Å². The second-order valence-corrected chi connectivity index (χ2v) is 8.94. The quantitative estimate of drug-likeness (QED) is 0.632. The lowest BCUT2D eigenvalue weighted by atomic mass is 10.1. The Hall–Kier alpha value is -3.49. The molecule has 0 atom stereocenters. The highest BCUT2D eigenvalue weighted by Crippen LogP contribution is 2.28. The number of anilines is 1. The number of benzene rings is 2. The van der Waals surface area contributed by atoms with Gasteiger partial charge in [0.15, 0.2) is 0 Å². The van der Waals surface area contributed by atoms with Gasteiger partial charge in [0.25, 0.3) is 5.56 Å². The molecule has 1 saturated heterocycles. The van der Waals surface area contributed by atoms with Gasteiger partial charge in [0.05, 0.1) is 24.6 Å². The van der Waals surface area contributed by atoms with Gasteiger partial charge in [0, 0.05) is 38.4 Å². The minimum atomic E-state index is -0.0538. The maximum atomic E-state index is 13.1. The van der Waals surface area contributed by atoms with Crippen LogP contribution < -0.4 is 15.6 Å². The fourth-order valence-corrected chi connectivity index (χ4v) is 4.54. The molecule has 1 N–H and O–H groups in total. The number of ether oxygens (including phenoxy) is 1. The molecule has 3 aromatic rings. The predicted molar refractivity (Wildman–Crippen MR) is 134 cm³/mol. The summed E-state index contributed by atoms with van der Waals surface area (Å²) in [5.41, 5.74) is 3.25. The number of amides is 1. The van der Waals surface area contributed by atoms with Crippen LogP contribution in [0.25, 0.3) is 22.6 Å². The number of piperazine rings is 1. The summed E-state index contributed by atoms with van der Waals surface area (Å²) >= 11 is 0. The van der Waals surface area contributed by atoms with E-state index in [4.69, 9.17) is 9.72 Å². The number of hydrogen-bond acceptors (Lipinski definition) is 6. The van der Waals surface area contributed by atoms with Crippen LogP contribution >= 0.6 is 0 Å². The first kappa shape index (κ1) is 22.3. The molecule has 0 aliphatic carbocycles. The van der Waals surface area contributed by atoms with Crippen LogP contribution in [0, 0.1) is 0 Å². The summed E-state index contributed by atoms with van der Waals surface area (Å²) in [5.74, 6) is 1.44. The van der Waals surface area contributed by atoms with Gasteiger partial charge in [-0.3, -0.25) is 19.1 Å². The Kier molecular flexibility index (Phi) is 6.17. The molecule has 1 aromatic heterocycles. The van der Waals surface area contributed by atoms with Gasteiger partial charge in [-0.05, 0) is 61.0 Å². The number of nitrogens with zero attached hydrogens (tertiary/aromatic N) is 4. The second kappa shape index (κ2) is 9.40. The molecule has 5 rings (SSSR count). The topological polar surface area (TPSA) is 79.7 Å². The molecule has 0 spiro atoms. The fourth-order valence-electron chi connectivity index (χ4n) is 4.54. The lowest BCUT2D eigenvalue weighted by Crippen LogP contribution is -2.47. The zero-order valence-corrected chi connectivity index (χ0v) is 19.6.